The summed E-state index contributed by atoms with van der Waals surface area (Å²) in [5.74, 6) is 0.231. The maximum Gasteiger partial charge on any atom is 0.431 e. The number of rotatable bonds is 3. The Morgan fingerprint density at radius 2 is 1.82 bits per heavy atom. The number of hydrogen-bond donors (Lipinski definition) is 1. The number of alkyl halides is 3. The molecule has 4 aromatic heterocycles. The molecule has 0 spiro atoms. The van der Waals surface area contributed by atoms with Crippen molar-refractivity contribution in [2.75, 3.05) is 5.32 Å². The van der Waals surface area contributed by atoms with Crippen molar-refractivity contribution in [3.05, 3.63) is 76.8 Å². The molecule has 0 radical (unpaired) electrons. The number of halogens is 3. The fraction of sp³-hybridized carbons (Fsp3) is 0.125. The predicted molar refractivity (Wildman–Crippen MR) is 122 cm³/mol. The van der Waals surface area contributed by atoms with Crippen molar-refractivity contribution in [3.63, 3.8) is 0 Å². The molecule has 0 unspecified atom stereocenters. The van der Waals surface area contributed by atoms with E-state index in [2.05, 4.69) is 15.3 Å². The highest BCUT2D eigenvalue weighted by atomic mass is 32.1. The van der Waals surface area contributed by atoms with Crippen LogP contribution in [-0.2, 0) is 18.0 Å². The fourth-order valence-corrected chi connectivity index (χ4v) is 4.81. The topological polar surface area (TPSA) is 59.8 Å². The first-order valence-corrected chi connectivity index (χ1v) is 10.8. The van der Waals surface area contributed by atoms with E-state index in [0.29, 0.717) is 27.4 Å². The van der Waals surface area contributed by atoms with Crippen LogP contribution in [-0.4, -0.2) is 20.4 Å². The Labute approximate surface area is 191 Å². The van der Waals surface area contributed by atoms with Gasteiger partial charge in [0.25, 0.3) is 5.91 Å². The first-order chi connectivity index (χ1) is 15.7. The molecule has 1 amide bonds. The van der Waals surface area contributed by atoms with Gasteiger partial charge in [-0.3, -0.25) is 9.78 Å². The molecule has 1 aliphatic rings. The normalized spacial score (nSPS) is 14.6. The van der Waals surface area contributed by atoms with Crippen molar-refractivity contribution < 1.29 is 18.0 Å². The van der Waals surface area contributed by atoms with Crippen LogP contribution in [0.25, 0.3) is 33.2 Å². The van der Waals surface area contributed by atoms with Crippen molar-refractivity contribution in [2.45, 2.75) is 13.1 Å². The number of aromatic nitrogens is 3. The van der Waals surface area contributed by atoms with Crippen LogP contribution in [0, 0.1) is 6.92 Å². The lowest BCUT2D eigenvalue weighted by molar-refractivity contribution is -0.143. The summed E-state index contributed by atoms with van der Waals surface area (Å²) in [7, 11) is 1.37. The van der Waals surface area contributed by atoms with Crippen LogP contribution in [0.1, 0.15) is 21.8 Å². The van der Waals surface area contributed by atoms with Gasteiger partial charge in [0.2, 0.25) is 0 Å². The van der Waals surface area contributed by atoms with E-state index in [4.69, 9.17) is 0 Å². The summed E-state index contributed by atoms with van der Waals surface area (Å²) >= 11 is 1.32. The van der Waals surface area contributed by atoms with Crippen LogP contribution in [0.4, 0.5) is 19.0 Å². The lowest BCUT2D eigenvalue weighted by atomic mass is 10.0. The highest BCUT2D eigenvalue weighted by Gasteiger charge is 2.34. The van der Waals surface area contributed by atoms with E-state index in [9.17, 15) is 18.0 Å². The van der Waals surface area contributed by atoms with Gasteiger partial charge in [0.05, 0.1) is 5.57 Å². The molecule has 0 saturated heterocycles. The van der Waals surface area contributed by atoms with E-state index in [1.54, 1.807) is 30.6 Å². The molecular weight excluding hydrogens is 449 g/mol. The van der Waals surface area contributed by atoms with Gasteiger partial charge in [0.15, 0.2) is 0 Å². The van der Waals surface area contributed by atoms with Crippen LogP contribution in [0.15, 0.2) is 55.0 Å². The lowest BCUT2D eigenvalue weighted by Gasteiger charge is -2.08. The molecule has 0 fully saturated rings. The Kier molecular flexibility index (Phi) is 4.93. The number of anilines is 1. The second kappa shape index (κ2) is 7.70. The van der Waals surface area contributed by atoms with Gasteiger partial charge < -0.3 is 9.88 Å². The van der Waals surface area contributed by atoms with Gasteiger partial charge in [0.1, 0.15) is 11.5 Å². The Morgan fingerprint density at radius 1 is 1.06 bits per heavy atom. The lowest BCUT2D eigenvalue weighted by Crippen LogP contribution is -2.09. The largest absolute Gasteiger partial charge is 0.431 e. The van der Waals surface area contributed by atoms with E-state index in [-0.39, 0.29) is 5.91 Å². The zero-order valence-corrected chi connectivity index (χ0v) is 18.4. The zero-order valence-electron chi connectivity index (χ0n) is 17.6. The Bertz CT molecular complexity index is 1420. The third kappa shape index (κ3) is 3.84. The number of aryl methyl sites for hydroxylation is 2. The summed E-state index contributed by atoms with van der Waals surface area (Å²) in [4.78, 5) is 22.7. The van der Waals surface area contributed by atoms with E-state index in [0.717, 1.165) is 32.3 Å². The first kappa shape index (κ1) is 21.1. The van der Waals surface area contributed by atoms with Crippen LogP contribution >= 0.6 is 11.3 Å². The minimum absolute atomic E-state index is 0.266. The standard InChI is InChI=1S/C24H17F3N4OS/c1-13-17(14-5-7-28-8-6-14)11-18-19(23(32)30-22(18)29-13)10-16-3-4-20(33-16)15-9-21(24(25,26)27)31(2)12-15/h3-12H,1-2H3,(H,29,30,32). The van der Waals surface area contributed by atoms with Gasteiger partial charge in [-0.2, -0.15) is 13.2 Å². The number of carbonyl (C=O) groups is 1. The molecule has 0 aromatic carbocycles. The molecule has 0 saturated carbocycles. The minimum Gasteiger partial charge on any atom is -0.346 e. The van der Waals surface area contributed by atoms with Crippen molar-refractivity contribution in [3.8, 4) is 21.6 Å². The maximum atomic E-state index is 13.1. The molecule has 0 aliphatic carbocycles. The Hall–Kier alpha value is -3.72. The highest BCUT2D eigenvalue weighted by Crippen LogP contribution is 2.39. The molecule has 4 aromatic rings. The number of fused-ring (bicyclic) bond motifs is 1. The SMILES string of the molecule is Cc1nc2c(cc1-c1ccncc1)C(=Cc1ccc(-c3cc(C(F)(F)F)n(C)c3)s1)C(=O)N2. The molecule has 1 N–H and O–H groups in total. The Balaban J connectivity index is 1.52. The molecule has 5 heterocycles. The molecule has 5 rings (SSSR count). The van der Waals surface area contributed by atoms with Gasteiger partial charge in [-0.1, -0.05) is 0 Å². The zero-order chi connectivity index (χ0) is 23.3. The monoisotopic (exact) mass is 466 g/mol. The van der Waals surface area contributed by atoms with E-state index >= 15 is 0 Å². The predicted octanol–water partition coefficient (Wildman–Crippen LogP) is 6.03. The third-order valence-electron chi connectivity index (χ3n) is 5.46. The second-order valence-corrected chi connectivity index (χ2v) is 8.81. The molecule has 33 heavy (non-hydrogen) atoms. The molecule has 5 nitrogen and oxygen atoms in total. The van der Waals surface area contributed by atoms with Crippen molar-refractivity contribution in [1.29, 1.82) is 0 Å². The smallest absolute Gasteiger partial charge is 0.346 e. The van der Waals surface area contributed by atoms with Gasteiger partial charge in [-0.15, -0.1) is 11.3 Å². The van der Waals surface area contributed by atoms with E-state index < -0.39 is 11.9 Å². The quantitative estimate of drug-likeness (QED) is 0.375. The average molecular weight is 466 g/mol. The summed E-state index contributed by atoms with van der Waals surface area (Å²) in [6, 6.07) is 10.4. The van der Waals surface area contributed by atoms with Crippen LogP contribution in [0.2, 0.25) is 0 Å². The molecule has 0 atom stereocenters. The number of pyridine rings is 2. The summed E-state index contributed by atoms with van der Waals surface area (Å²) < 4.78 is 40.5. The summed E-state index contributed by atoms with van der Waals surface area (Å²) in [6.07, 6.45) is 2.18. The number of hydrogen-bond acceptors (Lipinski definition) is 4. The average Bonchev–Trinajstić information content (AvgIpc) is 3.46. The van der Waals surface area contributed by atoms with Gasteiger partial charge in [-0.25, -0.2) is 4.98 Å². The third-order valence-corrected chi connectivity index (χ3v) is 6.55. The Morgan fingerprint density at radius 3 is 2.52 bits per heavy atom. The molecule has 1 aliphatic heterocycles. The minimum atomic E-state index is -4.42. The van der Waals surface area contributed by atoms with E-state index in [1.807, 2.05) is 25.1 Å². The maximum absolute atomic E-state index is 13.1. The van der Waals surface area contributed by atoms with Crippen LogP contribution < -0.4 is 5.32 Å². The summed E-state index contributed by atoms with van der Waals surface area (Å²) in [6.45, 7) is 1.88. The molecular formula is C24H17F3N4OS. The van der Waals surface area contributed by atoms with Crippen LogP contribution in [0.3, 0.4) is 0 Å². The summed E-state index contributed by atoms with van der Waals surface area (Å²) in [5.41, 5.74) is 3.54. The number of thiophene rings is 1. The molecule has 0 bridgehead atoms. The van der Waals surface area contributed by atoms with Gasteiger partial charge >= 0.3 is 6.18 Å². The second-order valence-electron chi connectivity index (χ2n) is 7.69. The molecule has 166 valence electrons. The number of nitrogens with zero attached hydrogens (tertiary/aromatic N) is 3. The first-order valence-electron chi connectivity index (χ1n) is 10.00. The number of nitrogens with one attached hydrogen (secondary N) is 1. The van der Waals surface area contributed by atoms with Crippen molar-refractivity contribution >= 4 is 34.7 Å². The molecule has 9 heteroatoms. The van der Waals surface area contributed by atoms with Crippen molar-refractivity contribution in [1.82, 2.24) is 14.5 Å². The van der Waals surface area contributed by atoms with Crippen molar-refractivity contribution in [2.24, 2.45) is 7.05 Å². The van der Waals surface area contributed by atoms with Gasteiger partial charge in [-0.05, 0) is 55.0 Å². The van der Waals surface area contributed by atoms with Gasteiger partial charge in [0, 0.05) is 57.8 Å². The summed E-state index contributed by atoms with van der Waals surface area (Å²) in [5, 5.41) is 2.80. The van der Waals surface area contributed by atoms with Crippen LogP contribution in [0.5, 0.6) is 0 Å². The number of carbonyl (C=O) groups excluding carboxylic acids is 1. The fourth-order valence-electron chi connectivity index (χ4n) is 3.88. The highest BCUT2D eigenvalue weighted by molar-refractivity contribution is 7.16. The number of amides is 1. The van der Waals surface area contributed by atoms with E-state index in [1.165, 1.54) is 24.6 Å².